The molecule has 0 bridgehead atoms. The van der Waals surface area contributed by atoms with Crippen molar-refractivity contribution in [2.24, 2.45) is 10.9 Å². The number of nitrogens with zero attached hydrogens (tertiary/aromatic N) is 1. The van der Waals surface area contributed by atoms with Gasteiger partial charge in [0.25, 0.3) is 0 Å². The Morgan fingerprint density at radius 2 is 2.24 bits per heavy atom. The number of anilines is 1. The molecule has 1 aliphatic heterocycles. The maximum absolute atomic E-state index is 13.0. The second kappa shape index (κ2) is 5.08. The Hall–Kier alpha value is -1.03. The standard InChI is InChI=1S/C13H17FN2S/c1-8(2)12-7-17-13(16-12)15-11-5-4-10(14)6-9(11)3/h4-6,8,12H,7H2,1-3H3,(H,15,16)/t12-/m1/s1. The number of amidine groups is 1. The average Bonchev–Trinajstić information content (AvgIpc) is 2.71. The largest absolute Gasteiger partial charge is 0.335 e. The number of rotatable bonds is 2. The van der Waals surface area contributed by atoms with Crippen LogP contribution in [0.15, 0.2) is 23.2 Å². The third-order valence-electron chi connectivity index (χ3n) is 2.87. The summed E-state index contributed by atoms with van der Waals surface area (Å²) < 4.78 is 13.0. The van der Waals surface area contributed by atoms with Crippen LogP contribution >= 0.6 is 11.8 Å². The van der Waals surface area contributed by atoms with Crippen molar-refractivity contribution in [2.45, 2.75) is 26.8 Å². The first-order valence-corrected chi connectivity index (χ1v) is 6.78. The van der Waals surface area contributed by atoms with E-state index in [1.807, 2.05) is 6.92 Å². The number of halogens is 1. The van der Waals surface area contributed by atoms with Crippen LogP contribution in [0.1, 0.15) is 19.4 Å². The van der Waals surface area contributed by atoms with E-state index in [4.69, 9.17) is 0 Å². The summed E-state index contributed by atoms with van der Waals surface area (Å²) in [5.74, 6) is 1.39. The van der Waals surface area contributed by atoms with Gasteiger partial charge in [0.05, 0.1) is 6.04 Å². The summed E-state index contributed by atoms with van der Waals surface area (Å²) in [4.78, 5) is 4.62. The highest BCUT2D eigenvalue weighted by Gasteiger charge is 2.21. The smallest absolute Gasteiger partial charge is 0.161 e. The zero-order valence-corrected chi connectivity index (χ0v) is 11.1. The molecule has 17 heavy (non-hydrogen) atoms. The van der Waals surface area contributed by atoms with Crippen molar-refractivity contribution in [1.82, 2.24) is 0 Å². The zero-order valence-electron chi connectivity index (χ0n) is 10.3. The average molecular weight is 252 g/mol. The van der Waals surface area contributed by atoms with Crippen molar-refractivity contribution in [1.29, 1.82) is 0 Å². The molecule has 1 aromatic rings. The third kappa shape index (κ3) is 3.00. The number of benzene rings is 1. The van der Waals surface area contributed by atoms with Gasteiger partial charge in [-0.1, -0.05) is 25.6 Å². The molecule has 1 aromatic carbocycles. The molecule has 0 aliphatic carbocycles. The van der Waals surface area contributed by atoms with Crippen LogP contribution in [0.4, 0.5) is 10.1 Å². The Kier molecular flexibility index (Phi) is 3.72. The fourth-order valence-electron chi connectivity index (χ4n) is 1.68. The Morgan fingerprint density at radius 3 is 2.82 bits per heavy atom. The van der Waals surface area contributed by atoms with Crippen molar-refractivity contribution in [3.8, 4) is 0 Å². The zero-order chi connectivity index (χ0) is 12.4. The number of nitrogens with one attached hydrogen (secondary N) is 1. The predicted molar refractivity (Wildman–Crippen MR) is 73.3 cm³/mol. The first-order chi connectivity index (χ1) is 8.06. The lowest BCUT2D eigenvalue weighted by atomic mass is 10.1. The van der Waals surface area contributed by atoms with Gasteiger partial charge < -0.3 is 5.32 Å². The molecule has 0 spiro atoms. The van der Waals surface area contributed by atoms with Crippen LogP contribution < -0.4 is 5.32 Å². The fraction of sp³-hybridized carbons (Fsp3) is 0.462. The molecule has 1 aliphatic rings. The quantitative estimate of drug-likeness (QED) is 0.868. The first kappa shape index (κ1) is 12.4. The number of aryl methyl sites for hydroxylation is 1. The third-order valence-corrected chi connectivity index (χ3v) is 3.86. The minimum absolute atomic E-state index is 0.200. The van der Waals surface area contributed by atoms with Crippen LogP contribution in [0.5, 0.6) is 0 Å². The Bertz CT molecular complexity index is 443. The number of aliphatic imine (C=N–C) groups is 1. The van der Waals surface area contributed by atoms with E-state index in [1.165, 1.54) is 12.1 Å². The van der Waals surface area contributed by atoms with Gasteiger partial charge >= 0.3 is 0 Å². The van der Waals surface area contributed by atoms with Crippen molar-refractivity contribution in [2.75, 3.05) is 11.1 Å². The topological polar surface area (TPSA) is 24.4 Å². The summed E-state index contributed by atoms with van der Waals surface area (Å²) in [5.41, 5.74) is 1.84. The summed E-state index contributed by atoms with van der Waals surface area (Å²) in [7, 11) is 0. The van der Waals surface area contributed by atoms with Gasteiger partial charge in [-0.05, 0) is 36.6 Å². The van der Waals surface area contributed by atoms with Crippen LogP contribution in [0.25, 0.3) is 0 Å². The predicted octanol–water partition coefficient (Wildman–Crippen LogP) is 3.67. The number of thioether (sulfide) groups is 1. The fourth-order valence-corrected chi connectivity index (χ4v) is 2.86. The van der Waals surface area contributed by atoms with E-state index < -0.39 is 0 Å². The number of hydrogen-bond acceptors (Lipinski definition) is 3. The van der Waals surface area contributed by atoms with Gasteiger partial charge in [0.1, 0.15) is 5.82 Å². The second-order valence-electron chi connectivity index (χ2n) is 4.64. The second-order valence-corrected chi connectivity index (χ2v) is 5.65. The molecule has 2 nitrogen and oxygen atoms in total. The van der Waals surface area contributed by atoms with Gasteiger partial charge in [-0.25, -0.2) is 4.39 Å². The molecule has 0 saturated carbocycles. The Balaban J connectivity index is 2.09. The van der Waals surface area contributed by atoms with Crippen LogP contribution in [-0.2, 0) is 0 Å². The van der Waals surface area contributed by atoms with Gasteiger partial charge in [0.2, 0.25) is 0 Å². The van der Waals surface area contributed by atoms with E-state index in [0.717, 1.165) is 22.2 Å². The van der Waals surface area contributed by atoms with Crippen molar-refractivity contribution in [3.05, 3.63) is 29.6 Å². The molecule has 0 aromatic heterocycles. The Morgan fingerprint density at radius 1 is 1.47 bits per heavy atom. The van der Waals surface area contributed by atoms with Gasteiger partial charge in [0.15, 0.2) is 5.17 Å². The molecule has 4 heteroatoms. The Labute approximate surface area is 106 Å². The molecule has 0 unspecified atom stereocenters. The van der Waals surface area contributed by atoms with Gasteiger partial charge in [0, 0.05) is 11.4 Å². The first-order valence-electron chi connectivity index (χ1n) is 5.80. The normalized spacial score (nSPS) is 19.6. The summed E-state index contributed by atoms with van der Waals surface area (Å²) in [5, 5.41) is 4.21. The molecule has 2 rings (SSSR count). The summed E-state index contributed by atoms with van der Waals surface area (Å²) in [6, 6.07) is 5.15. The molecule has 0 amide bonds. The lowest BCUT2D eigenvalue weighted by Gasteiger charge is -2.09. The van der Waals surface area contributed by atoms with Gasteiger partial charge in [-0.2, -0.15) is 0 Å². The number of hydrogen-bond donors (Lipinski definition) is 1. The summed E-state index contributed by atoms with van der Waals surface area (Å²) >= 11 is 1.73. The summed E-state index contributed by atoms with van der Waals surface area (Å²) in [6.07, 6.45) is 0. The molecule has 1 atom stereocenters. The van der Waals surface area contributed by atoms with E-state index >= 15 is 0 Å². The molecule has 1 heterocycles. The molecule has 92 valence electrons. The van der Waals surface area contributed by atoms with Crippen LogP contribution in [0.2, 0.25) is 0 Å². The van der Waals surface area contributed by atoms with Crippen molar-refractivity contribution < 1.29 is 4.39 Å². The van der Waals surface area contributed by atoms with E-state index in [2.05, 4.69) is 24.2 Å². The highest BCUT2D eigenvalue weighted by Crippen LogP contribution is 2.25. The van der Waals surface area contributed by atoms with E-state index in [1.54, 1.807) is 17.8 Å². The van der Waals surface area contributed by atoms with Crippen molar-refractivity contribution >= 4 is 22.6 Å². The minimum atomic E-state index is -0.200. The highest BCUT2D eigenvalue weighted by molar-refractivity contribution is 8.14. The van der Waals surface area contributed by atoms with Crippen LogP contribution in [0.3, 0.4) is 0 Å². The lowest BCUT2D eigenvalue weighted by molar-refractivity contribution is 0.543. The summed E-state index contributed by atoms with van der Waals surface area (Å²) in [6.45, 7) is 6.26. The minimum Gasteiger partial charge on any atom is -0.335 e. The molecule has 0 saturated heterocycles. The lowest BCUT2D eigenvalue weighted by Crippen LogP contribution is -2.12. The SMILES string of the molecule is Cc1cc(F)ccc1NC1=N[C@@H](C(C)C)CS1. The van der Waals surface area contributed by atoms with E-state index in [9.17, 15) is 4.39 Å². The molecule has 0 radical (unpaired) electrons. The monoisotopic (exact) mass is 252 g/mol. The van der Waals surface area contributed by atoms with Gasteiger partial charge in [-0.3, -0.25) is 4.99 Å². The molecular weight excluding hydrogens is 235 g/mol. The molecular formula is C13H17FN2S. The molecule has 1 N–H and O–H groups in total. The van der Waals surface area contributed by atoms with E-state index in [0.29, 0.717) is 12.0 Å². The molecule has 0 fully saturated rings. The van der Waals surface area contributed by atoms with Crippen LogP contribution in [0, 0.1) is 18.7 Å². The highest BCUT2D eigenvalue weighted by atomic mass is 32.2. The van der Waals surface area contributed by atoms with Crippen LogP contribution in [-0.4, -0.2) is 17.0 Å². The van der Waals surface area contributed by atoms with E-state index in [-0.39, 0.29) is 5.82 Å². The van der Waals surface area contributed by atoms with Crippen molar-refractivity contribution in [3.63, 3.8) is 0 Å². The maximum atomic E-state index is 13.0. The van der Waals surface area contributed by atoms with Gasteiger partial charge in [-0.15, -0.1) is 0 Å². The maximum Gasteiger partial charge on any atom is 0.161 e.